The molecule has 3 aliphatic rings. The van der Waals surface area contributed by atoms with Crippen molar-refractivity contribution in [2.45, 2.75) is 46.0 Å². The number of benzene rings is 1. The van der Waals surface area contributed by atoms with Crippen LogP contribution in [0.5, 0.6) is 0 Å². The Morgan fingerprint density at radius 2 is 1.94 bits per heavy atom. The number of fused-ring (bicyclic) bond motifs is 1. The topological polar surface area (TPSA) is 152 Å². The van der Waals surface area contributed by atoms with Crippen molar-refractivity contribution in [1.29, 1.82) is 0 Å². The molecule has 13 heteroatoms. The Balaban J connectivity index is 1.08. The van der Waals surface area contributed by atoms with E-state index in [1.807, 2.05) is 13.8 Å². The number of carbonyl (C=O) groups excluding carboxylic acids is 1. The maximum atomic E-state index is 14.2. The van der Waals surface area contributed by atoms with Gasteiger partial charge in [0.1, 0.15) is 11.5 Å². The second kappa shape index (κ2) is 15.9. The maximum absolute atomic E-state index is 14.2. The van der Waals surface area contributed by atoms with Gasteiger partial charge in [0, 0.05) is 43.6 Å². The van der Waals surface area contributed by atoms with E-state index in [4.69, 9.17) is 10.6 Å². The van der Waals surface area contributed by atoms with Crippen LogP contribution in [-0.4, -0.2) is 86.0 Å². The van der Waals surface area contributed by atoms with E-state index >= 15 is 0 Å². The molecule has 0 amide bonds. The summed E-state index contributed by atoms with van der Waals surface area (Å²) < 4.78 is 50.0. The quantitative estimate of drug-likeness (QED) is 0.145. The van der Waals surface area contributed by atoms with Gasteiger partial charge >= 0.3 is 5.97 Å². The van der Waals surface area contributed by atoms with Gasteiger partial charge in [0.15, 0.2) is 5.70 Å². The van der Waals surface area contributed by atoms with Crippen LogP contribution >= 0.6 is 0 Å². The number of ether oxygens (including phenoxy) is 1. The molecule has 1 aromatic carbocycles. The first-order chi connectivity index (χ1) is 22.5. The summed E-state index contributed by atoms with van der Waals surface area (Å²) in [7, 11) is -3.49. The highest BCUT2D eigenvalue weighted by molar-refractivity contribution is 7.87. The molecule has 1 atom stereocenters. The normalized spacial score (nSPS) is 20.8. The second-order valence-corrected chi connectivity index (χ2v) is 15.3. The third-order valence-electron chi connectivity index (χ3n) is 9.50. The Labute approximate surface area is 278 Å². The minimum absolute atomic E-state index is 0.171. The molecule has 258 valence electrons. The van der Waals surface area contributed by atoms with E-state index in [0.717, 1.165) is 45.2 Å². The number of nitrogens with one attached hydrogen (secondary N) is 2. The van der Waals surface area contributed by atoms with Crippen molar-refractivity contribution in [3.63, 3.8) is 0 Å². The highest BCUT2D eigenvalue weighted by atomic mass is 32.2. The zero-order chi connectivity index (χ0) is 33.6. The molecule has 1 aliphatic carbocycles. The number of quaternary nitrogens is 1. The SMILES string of the molecule is CC(C)COC(=O)c1[nH]c2ccc(F)cc2c1/C([NH3+])=C/N(N)CC1CCN(CCNS(=O)(=O)N2CCC(C3C=CC=CC3)CC2)CC1. The molecular weight excluding hydrogens is 621 g/mol. The van der Waals surface area contributed by atoms with Gasteiger partial charge in [0.2, 0.25) is 0 Å². The van der Waals surface area contributed by atoms with Gasteiger partial charge in [0.25, 0.3) is 10.2 Å². The summed E-state index contributed by atoms with van der Waals surface area (Å²) in [4.78, 5) is 18.3. The minimum Gasteiger partial charge on any atom is -0.461 e. The molecule has 0 bridgehead atoms. The summed E-state index contributed by atoms with van der Waals surface area (Å²) in [6.45, 7) is 8.65. The van der Waals surface area contributed by atoms with Gasteiger partial charge in [-0.15, -0.1) is 0 Å². The van der Waals surface area contributed by atoms with Crippen molar-refractivity contribution in [2.24, 2.45) is 29.5 Å². The zero-order valence-electron chi connectivity index (χ0n) is 27.7. The van der Waals surface area contributed by atoms with Crippen LogP contribution in [0.1, 0.15) is 62.0 Å². The molecule has 2 saturated heterocycles. The van der Waals surface area contributed by atoms with Gasteiger partial charge in [-0.3, -0.25) is 0 Å². The van der Waals surface area contributed by atoms with Crippen LogP contribution in [0.15, 0.2) is 48.7 Å². The number of likely N-dealkylation sites (tertiary alicyclic amines) is 1. The lowest BCUT2D eigenvalue weighted by Gasteiger charge is -2.35. The average molecular weight is 673 g/mol. The molecule has 11 nitrogen and oxygen atoms in total. The Kier molecular flexibility index (Phi) is 11.9. The number of aromatic nitrogens is 1. The van der Waals surface area contributed by atoms with E-state index in [1.54, 1.807) is 21.6 Å². The number of piperidine rings is 2. The number of nitrogens with two attached hydrogens (primary N) is 1. The predicted molar refractivity (Wildman–Crippen MR) is 182 cm³/mol. The average Bonchev–Trinajstić information content (AvgIpc) is 3.44. The highest BCUT2D eigenvalue weighted by Gasteiger charge is 2.31. The van der Waals surface area contributed by atoms with Gasteiger partial charge in [-0.1, -0.05) is 38.2 Å². The van der Waals surface area contributed by atoms with Gasteiger partial charge < -0.3 is 25.4 Å². The Bertz CT molecular complexity index is 1570. The molecule has 2 fully saturated rings. The molecule has 3 heterocycles. The van der Waals surface area contributed by atoms with Gasteiger partial charge in [0.05, 0.1) is 18.4 Å². The monoisotopic (exact) mass is 672 g/mol. The third-order valence-corrected chi connectivity index (χ3v) is 11.1. The van der Waals surface area contributed by atoms with Crippen molar-refractivity contribution >= 4 is 32.8 Å². The molecule has 1 aromatic heterocycles. The van der Waals surface area contributed by atoms with E-state index in [9.17, 15) is 17.6 Å². The lowest BCUT2D eigenvalue weighted by molar-refractivity contribution is -0.245. The maximum Gasteiger partial charge on any atom is 0.355 e. The standard InChI is InChI=1S/C34H50FN7O4S/c1-24(2)23-46-34(43)33-32(29-20-28(35)8-9-31(29)39-33)30(36)22-41(37)21-25-10-15-40(16-11-25)19-14-38-47(44,45)42-17-12-27(13-18-42)26-6-4-3-5-7-26/h3-6,8-9,20,22,24-27,38-39H,7,10-19,21,23,36-37H2,1-2H3/p+1/b30-22-. The number of nitrogens with zero attached hydrogens (tertiary/aromatic N) is 3. The number of aromatic amines is 1. The first kappa shape index (κ1) is 35.2. The summed E-state index contributed by atoms with van der Waals surface area (Å²) in [6.07, 6.45) is 15.0. The summed E-state index contributed by atoms with van der Waals surface area (Å²) in [6, 6.07) is 4.31. The van der Waals surface area contributed by atoms with Crippen LogP contribution in [0.3, 0.4) is 0 Å². The summed E-state index contributed by atoms with van der Waals surface area (Å²) in [5.74, 6) is 7.04. The fraction of sp³-hybridized carbons (Fsp3) is 0.559. The van der Waals surface area contributed by atoms with Gasteiger partial charge in [-0.2, -0.15) is 12.7 Å². The number of halogens is 1. The number of carbonyl (C=O) groups is 1. The minimum atomic E-state index is -3.49. The fourth-order valence-corrected chi connectivity index (χ4v) is 8.11. The van der Waals surface area contributed by atoms with Crippen molar-refractivity contribution in [2.75, 3.05) is 52.4 Å². The van der Waals surface area contributed by atoms with Gasteiger partial charge in [-0.05, 0) is 87.1 Å². The van der Waals surface area contributed by atoms with Crippen LogP contribution in [0.25, 0.3) is 16.6 Å². The van der Waals surface area contributed by atoms with E-state index in [2.05, 4.69) is 44.6 Å². The van der Waals surface area contributed by atoms with Crippen LogP contribution in [0, 0.1) is 29.5 Å². The second-order valence-electron chi connectivity index (χ2n) is 13.5. The van der Waals surface area contributed by atoms with Crippen LogP contribution < -0.4 is 16.3 Å². The Morgan fingerprint density at radius 1 is 1.19 bits per heavy atom. The number of H-pyrrole nitrogens is 1. The molecular formula is C34H51FN7O4S+. The molecule has 2 aliphatic heterocycles. The predicted octanol–water partition coefficient (Wildman–Crippen LogP) is 3.23. The lowest BCUT2D eigenvalue weighted by atomic mass is 9.81. The smallest absolute Gasteiger partial charge is 0.355 e. The molecule has 0 radical (unpaired) electrons. The van der Waals surface area contributed by atoms with Crippen LogP contribution in [0.4, 0.5) is 4.39 Å². The van der Waals surface area contributed by atoms with E-state index in [0.29, 0.717) is 72.6 Å². The highest BCUT2D eigenvalue weighted by Crippen LogP contribution is 2.31. The lowest BCUT2D eigenvalue weighted by Crippen LogP contribution is -2.49. The van der Waals surface area contributed by atoms with E-state index < -0.39 is 22.0 Å². The number of hydrogen-bond acceptors (Lipinski definition) is 7. The molecule has 1 unspecified atom stereocenters. The molecule has 0 saturated carbocycles. The summed E-state index contributed by atoms with van der Waals surface area (Å²) >= 11 is 0. The third kappa shape index (κ3) is 9.30. The fourth-order valence-electron chi connectivity index (χ4n) is 6.89. The number of allylic oxidation sites excluding steroid dienone is 4. The number of hydrogen-bond donors (Lipinski definition) is 4. The number of hydrazine groups is 1. The van der Waals surface area contributed by atoms with Crippen LogP contribution in [-0.2, 0) is 14.9 Å². The largest absolute Gasteiger partial charge is 0.461 e. The Hall–Kier alpha value is -3.07. The van der Waals surface area contributed by atoms with Crippen molar-refractivity contribution in [3.05, 3.63) is 65.8 Å². The number of rotatable bonds is 13. The van der Waals surface area contributed by atoms with Gasteiger partial charge in [-0.25, -0.2) is 19.7 Å². The molecule has 47 heavy (non-hydrogen) atoms. The van der Waals surface area contributed by atoms with Crippen molar-refractivity contribution in [1.82, 2.24) is 23.9 Å². The zero-order valence-corrected chi connectivity index (χ0v) is 28.5. The first-order valence-corrected chi connectivity index (χ1v) is 18.3. The van der Waals surface area contributed by atoms with Crippen molar-refractivity contribution in [3.8, 4) is 0 Å². The molecule has 7 N–H and O–H groups in total. The van der Waals surface area contributed by atoms with E-state index in [1.165, 1.54) is 12.1 Å². The summed E-state index contributed by atoms with van der Waals surface area (Å²) in [5, 5.41) is 2.13. The van der Waals surface area contributed by atoms with Crippen molar-refractivity contribution < 1.29 is 28.1 Å². The molecule has 2 aromatic rings. The first-order valence-electron chi connectivity index (χ1n) is 16.8. The molecule has 5 rings (SSSR count). The summed E-state index contributed by atoms with van der Waals surface area (Å²) in [5.41, 5.74) is 5.97. The molecule has 0 spiro atoms. The van der Waals surface area contributed by atoms with E-state index in [-0.39, 0.29) is 18.2 Å². The number of esters is 1. The van der Waals surface area contributed by atoms with Crippen LogP contribution in [0.2, 0.25) is 0 Å². The Morgan fingerprint density at radius 3 is 2.62 bits per heavy atom.